The summed E-state index contributed by atoms with van der Waals surface area (Å²) in [6, 6.07) is 26.3. The average molecular weight is 376 g/mol. The molecule has 3 nitrogen and oxygen atoms in total. The minimum absolute atomic E-state index is 0.737. The van der Waals surface area contributed by atoms with Gasteiger partial charge in [0.15, 0.2) is 5.84 Å². The van der Waals surface area contributed by atoms with Crippen LogP contribution in [0.25, 0.3) is 0 Å². The van der Waals surface area contributed by atoms with E-state index >= 15 is 0 Å². The molecule has 0 aromatic heterocycles. The van der Waals surface area contributed by atoms with Crippen LogP contribution in [-0.2, 0) is 0 Å². The van der Waals surface area contributed by atoms with Crippen LogP contribution in [0, 0.1) is 0 Å². The fraction of sp³-hybridized carbons (Fsp3) is 0. The lowest BCUT2D eigenvalue weighted by Gasteiger charge is -2.07. The van der Waals surface area contributed by atoms with Gasteiger partial charge >= 0.3 is 0 Å². The van der Waals surface area contributed by atoms with Crippen molar-refractivity contribution in [2.45, 2.75) is 0 Å². The molecule has 0 fully saturated rings. The van der Waals surface area contributed by atoms with E-state index in [9.17, 15) is 0 Å². The highest BCUT2D eigenvalue weighted by Gasteiger charge is 2.16. The fourth-order valence-corrected chi connectivity index (χ4v) is 2.90. The molecular weight excluding hydrogens is 362 g/mol. The van der Waals surface area contributed by atoms with Gasteiger partial charge in [0.2, 0.25) is 0 Å². The van der Waals surface area contributed by atoms with E-state index < -0.39 is 0 Å². The molecule has 3 aromatic rings. The Morgan fingerprint density at radius 3 is 2.21 bits per heavy atom. The number of amidine groups is 1. The quantitative estimate of drug-likeness (QED) is 0.680. The van der Waals surface area contributed by atoms with Gasteiger partial charge in [0.25, 0.3) is 0 Å². The number of para-hydroxylation sites is 1. The summed E-state index contributed by atoms with van der Waals surface area (Å²) in [7, 11) is 0. The lowest BCUT2D eigenvalue weighted by Crippen LogP contribution is -2.19. The Kier molecular flexibility index (Phi) is 3.97. The highest BCUT2D eigenvalue weighted by atomic mass is 79.9. The summed E-state index contributed by atoms with van der Waals surface area (Å²) < 4.78 is 1.04. The van der Waals surface area contributed by atoms with E-state index in [1.807, 2.05) is 60.7 Å². The van der Waals surface area contributed by atoms with E-state index in [2.05, 4.69) is 44.7 Å². The van der Waals surface area contributed by atoms with Crippen LogP contribution in [0.5, 0.6) is 0 Å². The molecule has 0 saturated carbocycles. The van der Waals surface area contributed by atoms with Crippen molar-refractivity contribution >= 4 is 33.2 Å². The summed E-state index contributed by atoms with van der Waals surface area (Å²) in [5, 5.41) is 4.64. The van der Waals surface area contributed by atoms with Gasteiger partial charge < -0.3 is 0 Å². The first kappa shape index (κ1) is 14.8. The third kappa shape index (κ3) is 2.88. The van der Waals surface area contributed by atoms with E-state index in [0.717, 1.165) is 38.4 Å². The Balaban J connectivity index is 1.84. The highest BCUT2D eigenvalue weighted by Crippen LogP contribution is 2.25. The molecule has 1 heterocycles. The van der Waals surface area contributed by atoms with Gasteiger partial charge in [-0.05, 0) is 18.2 Å². The van der Waals surface area contributed by atoms with Crippen LogP contribution in [0.4, 0.5) is 5.69 Å². The smallest absolute Gasteiger partial charge is 0.154 e. The van der Waals surface area contributed by atoms with Crippen LogP contribution in [0.2, 0.25) is 0 Å². The Morgan fingerprint density at radius 2 is 1.42 bits per heavy atom. The maximum atomic E-state index is 4.79. The van der Waals surface area contributed by atoms with Crippen LogP contribution < -0.4 is 5.43 Å². The highest BCUT2D eigenvalue weighted by molar-refractivity contribution is 9.10. The molecule has 116 valence electrons. The fourth-order valence-electron chi connectivity index (χ4n) is 2.64. The van der Waals surface area contributed by atoms with Crippen molar-refractivity contribution in [1.82, 2.24) is 5.43 Å². The number of fused-ring (bicyclic) bond motifs is 1. The molecule has 0 spiro atoms. The molecule has 1 aliphatic heterocycles. The lowest BCUT2D eigenvalue weighted by molar-refractivity contribution is 1.03. The zero-order valence-electron chi connectivity index (χ0n) is 12.8. The average Bonchev–Trinajstić information content (AvgIpc) is 2.83. The third-order valence-electron chi connectivity index (χ3n) is 3.83. The molecule has 0 atom stereocenters. The predicted octanol–water partition coefficient (Wildman–Crippen LogP) is 4.88. The second kappa shape index (κ2) is 6.42. The van der Waals surface area contributed by atoms with Crippen LogP contribution in [0.3, 0.4) is 0 Å². The van der Waals surface area contributed by atoms with Crippen molar-refractivity contribution in [3.63, 3.8) is 0 Å². The van der Waals surface area contributed by atoms with Crippen molar-refractivity contribution in [1.29, 1.82) is 0 Å². The van der Waals surface area contributed by atoms with Crippen molar-refractivity contribution in [2.24, 2.45) is 10.1 Å². The number of hydrogen-bond donors (Lipinski definition) is 1. The molecule has 1 aliphatic rings. The Morgan fingerprint density at radius 1 is 0.708 bits per heavy atom. The summed E-state index contributed by atoms with van der Waals surface area (Å²) in [5.74, 6) is 0.737. The largest absolute Gasteiger partial charge is 0.260 e. The summed E-state index contributed by atoms with van der Waals surface area (Å²) in [4.78, 5) is 4.79. The lowest BCUT2D eigenvalue weighted by atomic mass is 10.0. The second-order valence-electron chi connectivity index (χ2n) is 5.42. The van der Waals surface area contributed by atoms with E-state index in [4.69, 9.17) is 4.99 Å². The van der Waals surface area contributed by atoms with Gasteiger partial charge in [-0.3, -0.25) is 5.43 Å². The van der Waals surface area contributed by atoms with Crippen LogP contribution in [0.1, 0.15) is 16.7 Å². The Labute approximate surface area is 148 Å². The maximum Gasteiger partial charge on any atom is 0.154 e. The summed E-state index contributed by atoms with van der Waals surface area (Å²) >= 11 is 3.46. The molecule has 0 amide bonds. The minimum Gasteiger partial charge on any atom is -0.260 e. The first-order valence-electron chi connectivity index (χ1n) is 7.64. The number of halogens is 1. The van der Waals surface area contributed by atoms with Gasteiger partial charge in [-0.15, -0.1) is 0 Å². The molecular formula is C20H14BrN3. The first-order valence-corrected chi connectivity index (χ1v) is 8.44. The molecule has 3 aromatic carbocycles. The van der Waals surface area contributed by atoms with Crippen LogP contribution in [-0.4, -0.2) is 11.5 Å². The Bertz CT molecular complexity index is 929. The number of aliphatic imine (C=N–C) groups is 1. The molecule has 0 aliphatic carbocycles. The van der Waals surface area contributed by atoms with Crippen LogP contribution >= 0.6 is 15.9 Å². The number of nitrogens with one attached hydrogen (secondary N) is 1. The molecule has 0 radical (unpaired) electrons. The number of hydrogen-bond acceptors (Lipinski definition) is 3. The number of benzene rings is 3. The van der Waals surface area contributed by atoms with Crippen molar-refractivity contribution in [2.75, 3.05) is 0 Å². The summed E-state index contributed by atoms with van der Waals surface area (Å²) in [6.07, 6.45) is 0. The van der Waals surface area contributed by atoms with Gasteiger partial charge in [-0.25, -0.2) is 4.99 Å². The van der Waals surface area contributed by atoms with Gasteiger partial charge in [0.1, 0.15) is 0 Å². The van der Waals surface area contributed by atoms with Gasteiger partial charge in [-0.2, -0.15) is 5.10 Å². The molecule has 4 heteroatoms. The monoisotopic (exact) mass is 375 g/mol. The van der Waals surface area contributed by atoms with Crippen LogP contribution in [0.15, 0.2) is 93.4 Å². The van der Waals surface area contributed by atoms with E-state index in [0.29, 0.717) is 0 Å². The molecule has 24 heavy (non-hydrogen) atoms. The Hall–Kier alpha value is -2.72. The van der Waals surface area contributed by atoms with E-state index in [-0.39, 0.29) is 0 Å². The number of rotatable bonds is 2. The third-order valence-corrected chi connectivity index (χ3v) is 4.36. The van der Waals surface area contributed by atoms with Gasteiger partial charge in [0.05, 0.1) is 11.4 Å². The summed E-state index contributed by atoms with van der Waals surface area (Å²) in [5.41, 5.74) is 8.00. The second-order valence-corrected chi connectivity index (χ2v) is 6.34. The first-order chi connectivity index (χ1) is 11.8. The SMILES string of the molecule is Brc1ccc(C2=Nc3ccccc3C(c3ccccc3)=NN2)cc1. The van der Waals surface area contributed by atoms with Gasteiger partial charge in [0, 0.05) is 21.2 Å². The molecule has 1 N–H and O–H groups in total. The summed E-state index contributed by atoms with van der Waals surface area (Å²) in [6.45, 7) is 0. The van der Waals surface area contributed by atoms with Crippen molar-refractivity contribution in [3.05, 3.63) is 100 Å². The molecule has 4 rings (SSSR count). The normalized spacial score (nSPS) is 13.2. The molecule has 0 bridgehead atoms. The predicted molar refractivity (Wildman–Crippen MR) is 102 cm³/mol. The van der Waals surface area contributed by atoms with E-state index in [1.165, 1.54) is 0 Å². The maximum absolute atomic E-state index is 4.79. The van der Waals surface area contributed by atoms with Gasteiger partial charge in [-0.1, -0.05) is 76.6 Å². The minimum atomic E-state index is 0.737. The standard InChI is InChI=1S/C20H14BrN3/c21-16-12-10-15(11-13-16)20-22-18-9-5-4-8-17(18)19(23-24-20)14-6-2-1-3-7-14/h1-13H,(H,22,24). The van der Waals surface area contributed by atoms with Crippen molar-refractivity contribution in [3.8, 4) is 0 Å². The number of nitrogens with zero attached hydrogens (tertiary/aromatic N) is 2. The topological polar surface area (TPSA) is 36.8 Å². The number of hydrazone groups is 1. The van der Waals surface area contributed by atoms with E-state index in [1.54, 1.807) is 0 Å². The molecule has 0 unspecified atom stereocenters. The zero-order valence-corrected chi connectivity index (χ0v) is 14.4. The zero-order chi connectivity index (χ0) is 16.4. The van der Waals surface area contributed by atoms with Crippen molar-refractivity contribution < 1.29 is 0 Å². The molecule has 0 saturated heterocycles.